The van der Waals surface area contributed by atoms with Gasteiger partial charge in [0.2, 0.25) is 0 Å². The zero-order chi connectivity index (χ0) is 18.2. The summed E-state index contributed by atoms with van der Waals surface area (Å²) in [6.07, 6.45) is 1.82. The maximum Gasteiger partial charge on any atom is 0.0989 e. The van der Waals surface area contributed by atoms with Crippen LogP contribution in [0.1, 0.15) is 0 Å². The summed E-state index contributed by atoms with van der Waals surface area (Å²) in [6.45, 7) is 0. The highest BCUT2D eigenvalue weighted by Crippen LogP contribution is 2.39. The van der Waals surface area contributed by atoms with Crippen LogP contribution in [0.4, 0.5) is 11.4 Å². The van der Waals surface area contributed by atoms with E-state index >= 15 is 0 Å². The Bertz CT molecular complexity index is 1720. The van der Waals surface area contributed by atoms with Crippen LogP contribution in [0, 0.1) is 10.6 Å². The van der Waals surface area contributed by atoms with Crippen LogP contribution in [0.3, 0.4) is 0 Å². The first-order chi connectivity index (χ1) is 13.9. The molecule has 7 rings (SSSR count). The highest BCUT2D eigenvalue weighted by atomic mass is 14.8. The van der Waals surface area contributed by atoms with Gasteiger partial charge in [-0.3, -0.25) is 4.98 Å². The molecule has 2 aliphatic rings. The van der Waals surface area contributed by atoms with E-state index in [9.17, 15) is 0 Å². The lowest BCUT2D eigenvalue weighted by molar-refractivity contribution is 1.30. The molecule has 0 atom stereocenters. The molecule has 0 radical (unpaired) electrons. The van der Waals surface area contributed by atoms with Gasteiger partial charge in [-0.1, -0.05) is 36.4 Å². The fourth-order valence-corrected chi connectivity index (χ4v) is 4.40. The predicted octanol–water partition coefficient (Wildman–Crippen LogP) is 4.27. The van der Waals surface area contributed by atoms with Crippen LogP contribution in [0.2, 0.25) is 0 Å². The first-order valence-corrected chi connectivity index (χ1v) is 9.26. The number of benzene rings is 3. The number of fused-ring (bicyclic) bond motifs is 10. The molecule has 0 fully saturated rings. The van der Waals surface area contributed by atoms with E-state index in [1.165, 1.54) is 0 Å². The van der Waals surface area contributed by atoms with E-state index in [0.29, 0.717) is 0 Å². The van der Waals surface area contributed by atoms with E-state index in [2.05, 4.69) is 41.4 Å². The van der Waals surface area contributed by atoms with Crippen LogP contribution in [0.15, 0.2) is 82.9 Å². The number of rotatable bonds is 0. The molecule has 3 aromatic carbocycles. The number of nitrogens with zero attached hydrogens (tertiary/aromatic N) is 4. The molecule has 0 amide bonds. The molecule has 4 heteroatoms. The highest BCUT2D eigenvalue weighted by molar-refractivity contribution is 6.12. The summed E-state index contributed by atoms with van der Waals surface area (Å²) in [4.78, 5) is 19.5. The topological polar surface area (TPSA) is 50.5 Å². The lowest BCUT2D eigenvalue weighted by Gasteiger charge is -2.08. The summed E-state index contributed by atoms with van der Waals surface area (Å²) >= 11 is 0. The van der Waals surface area contributed by atoms with Gasteiger partial charge in [-0.15, -0.1) is 0 Å². The van der Waals surface area contributed by atoms with E-state index in [1.807, 2.05) is 36.5 Å². The Morgan fingerprint density at radius 2 is 1.57 bits per heavy atom. The van der Waals surface area contributed by atoms with Gasteiger partial charge in [0, 0.05) is 33.3 Å². The van der Waals surface area contributed by atoms with Crippen molar-refractivity contribution < 1.29 is 0 Å². The molecule has 2 aliphatic heterocycles. The largest absolute Gasteiger partial charge is 0.254 e. The second kappa shape index (κ2) is 4.87. The van der Waals surface area contributed by atoms with Crippen molar-refractivity contribution in [3.63, 3.8) is 0 Å². The Kier molecular flexibility index (Phi) is 2.46. The van der Waals surface area contributed by atoms with E-state index in [-0.39, 0.29) is 0 Å². The third kappa shape index (κ3) is 1.65. The third-order valence-corrected chi connectivity index (χ3v) is 5.60. The van der Waals surface area contributed by atoms with E-state index in [0.717, 1.165) is 65.6 Å². The van der Waals surface area contributed by atoms with Gasteiger partial charge in [-0.2, -0.15) is 0 Å². The molecule has 0 saturated heterocycles. The molecule has 0 saturated carbocycles. The van der Waals surface area contributed by atoms with Crippen LogP contribution in [-0.2, 0) is 0 Å². The molecular formula is C24H12N4. The Hall–Kier alpha value is -3.92. The predicted molar refractivity (Wildman–Crippen MR) is 108 cm³/mol. The molecule has 0 aliphatic carbocycles. The third-order valence-electron chi connectivity index (χ3n) is 5.60. The Morgan fingerprint density at radius 1 is 0.679 bits per heavy atom. The molecule has 4 heterocycles. The van der Waals surface area contributed by atoms with Gasteiger partial charge in [0.25, 0.3) is 0 Å². The van der Waals surface area contributed by atoms with Crippen molar-refractivity contribution in [3.05, 3.63) is 94.2 Å². The minimum atomic E-state index is 0.889. The summed E-state index contributed by atoms with van der Waals surface area (Å²) in [7, 11) is 0. The first kappa shape index (κ1) is 14.2. The molecule has 128 valence electrons. The van der Waals surface area contributed by atoms with Gasteiger partial charge in [0.1, 0.15) is 0 Å². The summed E-state index contributed by atoms with van der Waals surface area (Å²) in [5.41, 5.74) is 5.98. The SMILES string of the molecule is c1ccc2c(c1)N=c1c-2c2cc3c(nc2c2ncccc12)=c1ccccc1=N3. The summed E-state index contributed by atoms with van der Waals surface area (Å²) < 4.78 is 0. The zero-order valence-electron chi connectivity index (χ0n) is 14.7. The molecule has 0 N–H and O–H groups in total. The molecular weight excluding hydrogens is 344 g/mol. The number of para-hydroxylation sites is 2. The van der Waals surface area contributed by atoms with Crippen molar-refractivity contribution in [2.45, 2.75) is 0 Å². The molecule has 0 bridgehead atoms. The average molecular weight is 356 g/mol. The Morgan fingerprint density at radius 3 is 2.57 bits per heavy atom. The monoisotopic (exact) mass is 356 g/mol. The van der Waals surface area contributed by atoms with Crippen LogP contribution >= 0.6 is 0 Å². The van der Waals surface area contributed by atoms with Crippen molar-refractivity contribution in [2.75, 3.05) is 0 Å². The second-order valence-corrected chi connectivity index (χ2v) is 7.13. The van der Waals surface area contributed by atoms with Crippen molar-refractivity contribution in [2.24, 2.45) is 9.98 Å². The fraction of sp³-hybridized carbons (Fsp3) is 0. The van der Waals surface area contributed by atoms with Crippen molar-refractivity contribution >= 4 is 33.2 Å². The van der Waals surface area contributed by atoms with Gasteiger partial charge in [0.15, 0.2) is 0 Å². The normalized spacial score (nSPS) is 12.9. The minimum absolute atomic E-state index is 0.889. The maximum absolute atomic E-state index is 5.08. The minimum Gasteiger partial charge on any atom is -0.254 e. The molecule has 0 unspecified atom stereocenters. The molecule has 0 spiro atoms. The average Bonchev–Trinajstić information content (AvgIpc) is 3.31. The lowest BCUT2D eigenvalue weighted by Crippen LogP contribution is -2.06. The Labute approximate surface area is 158 Å². The maximum atomic E-state index is 5.08. The summed E-state index contributed by atoms with van der Waals surface area (Å²) in [5.74, 6) is 0. The molecule has 5 aromatic rings. The number of hydrogen-bond donors (Lipinski definition) is 0. The lowest BCUT2D eigenvalue weighted by atomic mass is 9.97. The van der Waals surface area contributed by atoms with Crippen molar-refractivity contribution in [1.82, 2.24) is 9.97 Å². The van der Waals surface area contributed by atoms with Crippen LogP contribution in [0.5, 0.6) is 0 Å². The van der Waals surface area contributed by atoms with Crippen LogP contribution < -0.4 is 10.7 Å². The smallest absolute Gasteiger partial charge is 0.0989 e. The van der Waals surface area contributed by atoms with Gasteiger partial charge in [-0.25, -0.2) is 15.0 Å². The quantitative estimate of drug-likeness (QED) is 0.381. The van der Waals surface area contributed by atoms with E-state index in [1.54, 1.807) is 0 Å². The summed E-state index contributed by atoms with van der Waals surface area (Å²) in [6, 6.07) is 22.6. The second-order valence-electron chi connectivity index (χ2n) is 7.13. The van der Waals surface area contributed by atoms with Gasteiger partial charge >= 0.3 is 0 Å². The van der Waals surface area contributed by atoms with Crippen LogP contribution in [-0.4, -0.2) is 9.97 Å². The van der Waals surface area contributed by atoms with Gasteiger partial charge in [0.05, 0.1) is 38.5 Å². The Balaban J connectivity index is 1.80. The molecule has 2 aromatic heterocycles. The molecule has 4 nitrogen and oxygen atoms in total. The zero-order valence-corrected chi connectivity index (χ0v) is 14.7. The standard InChI is InChI=1S/C24H12N4/c1-3-9-17-13(6-1)20-16-12-19-21(14-7-2-4-10-18(14)26-19)28-24(16)23-15(22(20)27-17)8-5-11-25-23/h1-12H. The summed E-state index contributed by atoms with van der Waals surface area (Å²) in [5, 5.41) is 6.06. The first-order valence-electron chi connectivity index (χ1n) is 9.26. The van der Waals surface area contributed by atoms with E-state index < -0.39 is 0 Å². The van der Waals surface area contributed by atoms with E-state index in [4.69, 9.17) is 15.0 Å². The number of aromatic nitrogens is 2. The number of pyridine rings is 2. The van der Waals surface area contributed by atoms with Gasteiger partial charge < -0.3 is 0 Å². The fourth-order valence-electron chi connectivity index (χ4n) is 4.40. The van der Waals surface area contributed by atoms with Crippen molar-refractivity contribution in [1.29, 1.82) is 0 Å². The van der Waals surface area contributed by atoms with Crippen LogP contribution in [0.25, 0.3) is 32.9 Å². The van der Waals surface area contributed by atoms with Crippen molar-refractivity contribution in [3.8, 4) is 11.1 Å². The highest BCUT2D eigenvalue weighted by Gasteiger charge is 2.22. The van der Waals surface area contributed by atoms with Gasteiger partial charge in [-0.05, 0) is 30.3 Å². The number of hydrogen-bond acceptors (Lipinski definition) is 4. The molecule has 28 heavy (non-hydrogen) atoms.